The minimum absolute atomic E-state index is 0.0671. The summed E-state index contributed by atoms with van der Waals surface area (Å²) in [6.45, 7) is 2.35. The number of piperazine rings is 1. The van der Waals surface area contributed by atoms with Gasteiger partial charge >= 0.3 is 0 Å². The highest BCUT2D eigenvalue weighted by Gasteiger charge is 2.31. The largest absolute Gasteiger partial charge is 0.494 e. The number of carbonyl (C=O) groups is 4. The van der Waals surface area contributed by atoms with E-state index in [1.54, 1.807) is 29.2 Å². The second-order valence-electron chi connectivity index (χ2n) is 9.45. The predicted octanol–water partition coefficient (Wildman–Crippen LogP) is 1.50. The van der Waals surface area contributed by atoms with Crippen LogP contribution in [0.2, 0.25) is 0 Å². The van der Waals surface area contributed by atoms with Crippen LogP contribution in [0.25, 0.3) is 16.7 Å². The minimum Gasteiger partial charge on any atom is -0.494 e. The van der Waals surface area contributed by atoms with Gasteiger partial charge in [-0.05, 0) is 12.1 Å². The van der Waals surface area contributed by atoms with E-state index in [4.69, 9.17) is 9.47 Å². The molecule has 1 aliphatic heterocycles. The molecule has 3 amide bonds. The molecule has 4 heterocycles. The molecule has 43 heavy (non-hydrogen) atoms. The Labute approximate surface area is 259 Å². The number of ether oxygens (including phenoxy) is 2. The number of ketones is 1. The first-order valence-electron chi connectivity index (χ1n) is 13.5. The van der Waals surface area contributed by atoms with Gasteiger partial charge in [0.25, 0.3) is 23.5 Å². The van der Waals surface area contributed by atoms with Crippen molar-refractivity contribution in [2.75, 3.05) is 57.5 Å². The van der Waals surface area contributed by atoms with Crippen LogP contribution in [0.15, 0.2) is 49.1 Å². The van der Waals surface area contributed by atoms with Crippen LogP contribution in [-0.2, 0) is 9.53 Å². The summed E-state index contributed by atoms with van der Waals surface area (Å²) in [6.07, 6.45) is 4.17. The van der Waals surface area contributed by atoms with E-state index in [9.17, 15) is 19.2 Å². The molecule has 5 rings (SSSR count). The van der Waals surface area contributed by atoms with Gasteiger partial charge in [-0.25, -0.2) is 9.97 Å². The van der Waals surface area contributed by atoms with Gasteiger partial charge in [0, 0.05) is 48.9 Å². The van der Waals surface area contributed by atoms with Crippen molar-refractivity contribution in [1.82, 2.24) is 39.8 Å². The standard InChI is InChI=1S/C28H29IN8O6/c1-42-20-16-32-25(37-17-33-24(34-37)26(39)30-8-14-43-13-7-29)22-21(20)19(15-31-22)23(38)28(41)36-11-9-35(10-12-36)27(40)18-5-3-2-4-6-18/h2-6,15-17,31H,7-14H2,1H3,(H,30,39). The molecular weight excluding hydrogens is 671 g/mol. The molecule has 224 valence electrons. The summed E-state index contributed by atoms with van der Waals surface area (Å²) in [5.41, 5.74) is 1.05. The topological polar surface area (TPSA) is 165 Å². The highest BCUT2D eigenvalue weighted by Crippen LogP contribution is 2.32. The monoisotopic (exact) mass is 700 g/mol. The zero-order valence-electron chi connectivity index (χ0n) is 23.3. The molecule has 14 nitrogen and oxygen atoms in total. The molecule has 0 saturated carbocycles. The average molecular weight is 700 g/mol. The number of carbonyl (C=O) groups excluding carboxylic acids is 4. The van der Waals surface area contributed by atoms with Gasteiger partial charge in [0.15, 0.2) is 5.82 Å². The van der Waals surface area contributed by atoms with Crippen molar-refractivity contribution < 1.29 is 28.7 Å². The van der Waals surface area contributed by atoms with Crippen LogP contribution < -0.4 is 10.1 Å². The number of alkyl halides is 1. The predicted molar refractivity (Wildman–Crippen MR) is 163 cm³/mol. The number of nitrogens with zero attached hydrogens (tertiary/aromatic N) is 6. The molecule has 4 aromatic rings. The van der Waals surface area contributed by atoms with Crippen LogP contribution in [0.1, 0.15) is 31.3 Å². The van der Waals surface area contributed by atoms with Crippen molar-refractivity contribution in [3.8, 4) is 11.6 Å². The molecule has 1 saturated heterocycles. The van der Waals surface area contributed by atoms with E-state index >= 15 is 0 Å². The van der Waals surface area contributed by atoms with Crippen LogP contribution >= 0.6 is 22.6 Å². The number of halogens is 1. The van der Waals surface area contributed by atoms with Gasteiger partial charge in [0.1, 0.15) is 12.1 Å². The number of hydrogen-bond acceptors (Lipinski definition) is 9. The quantitative estimate of drug-likeness (QED) is 0.0776. The zero-order valence-corrected chi connectivity index (χ0v) is 25.4. The molecule has 0 unspecified atom stereocenters. The number of aromatic amines is 1. The third kappa shape index (κ3) is 6.51. The third-order valence-electron chi connectivity index (χ3n) is 6.85. The number of amides is 3. The van der Waals surface area contributed by atoms with E-state index < -0.39 is 17.6 Å². The fourth-order valence-electron chi connectivity index (χ4n) is 4.69. The maximum absolute atomic E-state index is 13.5. The van der Waals surface area contributed by atoms with Crippen molar-refractivity contribution in [1.29, 1.82) is 0 Å². The van der Waals surface area contributed by atoms with Gasteiger partial charge in [-0.3, -0.25) is 19.2 Å². The number of Topliss-reactive ketones (excluding diaryl/α,β-unsaturated/α-hetero) is 1. The lowest BCUT2D eigenvalue weighted by molar-refractivity contribution is -0.127. The molecule has 0 spiro atoms. The number of H-pyrrole nitrogens is 1. The van der Waals surface area contributed by atoms with E-state index in [0.717, 1.165) is 4.43 Å². The SMILES string of the molecule is COc1cnc(-n2cnc(C(=O)NCCOCCI)n2)c2[nH]cc(C(=O)C(=O)N3CCN(C(=O)c4ccccc4)CC3)c12. The number of pyridine rings is 1. The maximum atomic E-state index is 13.5. The van der Waals surface area contributed by atoms with E-state index in [1.165, 1.54) is 35.4 Å². The number of methoxy groups -OCH3 is 1. The minimum atomic E-state index is -0.729. The van der Waals surface area contributed by atoms with Crippen LogP contribution in [0.3, 0.4) is 0 Å². The van der Waals surface area contributed by atoms with Gasteiger partial charge in [-0.2, -0.15) is 4.68 Å². The van der Waals surface area contributed by atoms with Gasteiger partial charge in [-0.15, -0.1) is 5.10 Å². The molecule has 15 heteroatoms. The van der Waals surface area contributed by atoms with Crippen molar-refractivity contribution >= 4 is 57.0 Å². The number of rotatable bonds is 11. The number of fused-ring (bicyclic) bond motifs is 1. The van der Waals surface area contributed by atoms with Crippen molar-refractivity contribution in [2.45, 2.75) is 0 Å². The first kappa shape index (κ1) is 30.1. The molecule has 1 aliphatic rings. The van der Waals surface area contributed by atoms with E-state index in [0.29, 0.717) is 49.3 Å². The van der Waals surface area contributed by atoms with Crippen molar-refractivity contribution in [2.24, 2.45) is 0 Å². The fraction of sp³-hybridized carbons (Fsp3) is 0.321. The lowest BCUT2D eigenvalue weighted by atomic mass is 10.1. The smallest absolute Gasteiger partial charge is 0.295 e. The molecule has 0 atom stereocenters. The highest BCUT2D eigenvalue weighted by atomic mass is 127. The lowest BCUT2D eigenvalue weighted by Gasteiger charge is -2.34. The molecule has 2 N–H and O–H groups in total. The highest BCUT2D eigenvalue weighted by molar-refractivity contribution is 14.1. The Morgan fingerprint density at radius 3 is 2.49 bits per heavy atom. The summed E-state index contributed by atoms with van der Waals surface area (Å²) in [4.78, 5) is 66.6. The number of nitrogens with one attached hydrogen (secondary N) is 2. The normalized spacial score (nSPS) is 13.3. The number of hydrogen-bond donors (Lipinski definition) is 2. The first-order valence-corrected chi connectivity index (χ1v) is 15.0. The molecule has 1 aromatic carbocycles. The summed E-state index contributed by atoms with van der Waals surface area (Å²) in [5, 5.41) is 7.28. The average Bonchev–Trinajstić information content (AvgIpc) is 3.72. The van der Waals surface area contributed by atoms with E-state index in [2.05, 4.69) is 48.0 Å². The molecule has 0 aliphatic carbocycles. The summed E-state index contributed by atoms with van der Waals surface area (Å²) in [6, 6.07) is 8.93. The van der Waals surface area contributed by atoms with Crippen LogP contribution in [0, 0.1) is 0 Å². The van der Waals surface area contributed by atoms with Crippen molar-refractivity contribution in [3.63, 3.8) is 0 Å². The fourth-order valence-corrected chi connectivity index (χ4v) is 5.00. The lowest BCUT2D eigenvalue weighted by Crippen LogP contribution is -2.52. The zero-order chi connectivity index (χ0) is 30.3. The van der Waals surface area contributed by atoms with Crippen LogP contribution in [-0.4, -0.2) is 116 Å². The van der Waals surface area contributed by atoms with E-state index in [-0.39, 0.29) is 42.0 Å². The molecule has 0 bridgehead atoms. The maximum Gasteiger partial charge on any atom is 0.295 e. The van der Waals surface area contributed by atoms with E-state index in [1.807, 2.05) is 6.07 Å². The van der Waals surface area contributed by atoms with Crippen LogP contribution in [0.5, 0.6) is 5.75 Å². The second kappa shape index (κ2) is 13.7. The molecular formula is C28H29IN8O6. The Morgan fingerprint density at radius 2 is 1.77 bits per heavy atom. The number of aromatic nitrogens is 5. The Morgan fingerprint density at radius 1 is 1.02 bits per heavy atom. The molecule has 3 aromatic heterocycles. The van der Waals surface area contributed by atoms with Crippen molar-refractivity contribution in [3.05, 3.63) is 66.0 Å². The molecule has 0 radical (unpaired) electrons. The Kier molecular flexibility index (Phi) is 9.61. The Bertz CT molecular complexity index is 1630. The Balaban J connectivity index is 1.30. The van der Waals surface area contributed by atoms with Gasteiger partial charge in [-0.1, -0.05) is 40.8 Å². The summed E-state index contributed by atoms with van der Waals surface area (Å²) >= 11 is 2.20. The van der Waals surface area contributed by atoms with Gasteiger partial charge in [0.05, 0.1) is 43.0 Å². The summed E-state index contributed by atoms with van der Waals surface area (Å²) in [7, 11) is 1.43. The first-order chi connectivity index (χ1) is 20.9. The number of benzene rings is 1. The summed E-state index contributed by atoms with van der Waals surface area (Å²) in [5.74, 6) is -1.54. The second-order valence-corrected chi connectivity index (χ2v) is 10.5. The van der Waals surface area contributed by atoms with Gasteiger partial charge < -0.3 is 29.6 Å². The third-order valence-corrected chi connectivity index (χ3v) is 7.29. The van der Waals surface area contributed by atoms with Gasteiger partial charge in [0.2, 0.25) is 5.82 Å². The Hall–Kier alpha value is -4.38. The molecule has 1 fully saturated rings. The summed E-state index contributed by atoms with van der Waals surface area (Å²) < 4.78 is 13.0. The van der Waals surface area contributed by atoms with Crippen LogP contribution in [0.4, 0.5) is 0 Å².